The highest BCUT2D eigenvalue weighted by atomic mass is 32.1. The van der Waals surface area contributed by atoms with E-state index in [0.717, 1.165) is 24.0 Å². The van der Waals surface area contributed by atoms with Gasteiger partial charge in [-0.15, -0.1) is 11.3 Å². The Hall–Kier alpha value is -1.65. The standard InChI is InChI=1S/C17H21NO2S/c1-20-13-15-7-3-2-6-14(15)12-18-17(19)10-4-8-16-9-5-11-21-16/h2-3,5-7,9,11H,4,8,10,12-13H2,1H3,(H,18,19). The van der Waals surface area contributed by atoms with Gasteiger partial charge in [-0.2, -0.15) is 0 Å². The number of amides is 1. The quantitative estimate of drug-likeness (QED) is 0.810. The fraction of sp³-hybridized carbons (Fsp3) is 0.353. The van der Waals surface area contributed by atoms with Gasteiger partial charge in [0, 0.05) is 25.0 Å². The van der Waals surface area contributed by atoms with Crippen LogP contribution in [0.25, 0.3) is 0 Å². The molecule has 112 valence electrons. The molecule has 3 nitrogen and oxygen atoms in total. The summed E-state index contributed by atoms with van der Waals surface area (Å²) in [6, 6.07) is 12.2. The third-order valence-corrected chi connectivity index (χ3v) is 4.24. The highest BCUT2D eigenvalue weighted by molar-refractivity contribution is 7.09. The number of thiophene rings is 1. The number of methoxy groups -OCH3 is 1. The van der Waals surface area contributed by atoms with Crippen LogP contribution >= 0.6 is 11.3 Å². The summed E-state index contributed by atoms with van der Waals surface area (Å²) in [6.45, 7) is 1.14. The average molecular weight is 303 g/mol. The van der Waals surface area contributed by atoms with Gasteiger partial charge in [0.25, 0.3) is 0 Å². The molecule has 0 bridgehead atoms. The van der Waals surface area contributed by atoms with Gasteiger partial charge in [-0.1, -0.05) is 30.3 Å². The fourth-order valence-electron chi connectivity index (χ4n) is 2.19. The van der Waals surface area contributed by atoms with E-state index in [0.29, 0.717) is 19.6 Å². The average Bonchev–Trinajstić information content (AvgIpc) is 3.00. The Morgan fingerprint density at radius 1 is 1.19 bits per heavy atom. The van der Waals surface area contributed by atoms with Gasteiger partial charge in [-0.25, -0.2) is 0 Å². The Bertz CT molecular complexity index is 552. The molecule has 0 radical (unpaired) electrons. The second kappa shape index (κ2) is 8.60. The summed E-state index contributed by atoms with van der Waals surface area (Å²) < 4.78 is 5.17. The molecule has 2 rings (SSSR count). The maximum atomic E-state index is 11.9. The van der Waals surface area contributed by atoms with Crippen molar-refractivity contribution >= 4 is 17.2 Å². The first-order valence-corrected chi connectivity index (χ1v) is 8.02. The van der Waals surface area contributed by atoms with Crippen molar-refractivity contribution in [2.24, 2.45) is 0 Å². The van der Waals surface area contributed by atoms with Gasteiger partial charge >= 0.3 is 0 Å². The van der Waals surface area contributed by atoms with E-state index in [9.17, 15) is 4.79 Å². The van der Waals surface area contributed by atoms with Crippen molar-refractivity contribution in [1.82, 2.24) is 5.32 Å². The predicted molar refractivity (Wildman–Crippen MR) is 86.3 cm³/mol. The lowest BCUT2D eigenvalue weighted by Crippen LogP contribution is -2.23. The summed E-state index contributed by atoms with van der Waals surface area (Å²) in [7, 11) is 1.68. The van der Waals surface area contributed by atoms with E-state index in [1.165, 1.54) is 4.88 Å². The first-order valence-electron chi connectivity index (χ1n) is 7.14. The fourth-order valence-corrected chi connectivity index (χ4v) is 2.94. The minimum Gasteiger partial charge on any atom is -0.380 e. The lowest BCUT2D eigenvalue weighted by molar-refractivity contribution is -0.121. The zero-order valence-electron chi connectivity index (χ0n) is 12.3. The van der Waals surface area contributed by atoms with Gasteiger partial charge in [0.2, 0.25) is 5.91 Å². The van der Waals surface area contributed by atoms with E-state index in [2.05, 4.69) is 16.8 Å². The van der Waals surface area contributed by atoms with E-state index in [-0.39, 0.29) is 5.91 Å². The minimum absolute atomic E-state index is 0.110. The predicted octanol–water partition coefficient (Wildman–Crippen LogP) is 3.53. The number of carbonyl (C=O) groups is 1. The molecule has 0 atom stereocenters. The lowest BCUT2D eigenvalue weighted by atomic mass is 10.1. The zero-order valence-corrected chi connectivity index (χ0v) is 13.1. The normalized spacial score (nSPS) is 10.5. The third kappa shape index (κ3) is 5.33. The molecule has 0 aliphatic heterocycles. The van der Waals surface area contributed by atoms with Crippen LogP contribution in [0.1, 0.15) is 28.8 Å². The van der Waals surface area contributed by atoms with Crippen LogP contribution in [0, 0.1) is 0 Å². The van der Waals surface area contributed by atoms with Gasteiger partial charge < -0.3 is 10.1 Å². The number of rotatable bonds is 8. The summed E-state index contributed by atoms with van der Waals surface area (Å²) >= 11 is 1.75. The van der Waals surface area contributed by atoms with Crippen LogP contribution in [0.15, 0.2) is 41.8 Å². The van der Waals surface area contributed by atoms with Crippen molar-refractivity contribution in [3.8, 4) is 0 Å². The van der Waals surface area contributed by atoms with Crippen molar-refractivity contribution < 1.29 is 9.53 Å². The van der Waals surface area contributed by atoms with Crippen molar-refractivity contribution in [2.75, 3.05) is 7.11 Å². The van der Waals surface area contributed by atoms with Gasteiger partial charge in [0.05, 0.1) is 6.61 Å². The van der Waals surface area contributed by atoms with Gasteiger partial charge in [0.15, 0.2) is 0 Å². The molecular weight excluding hydrogens is 282 g/mol. The Kier molecular flexibility index (Phi) is 6.44. The molecule has 1 N–H and O–H groups in total. The largest absolute Gasteiger partial charge is 0.380 e. The van der Waals surface area contributed by atoms with Crippen molar-refractivity contribution in [3.63, 3.8) is 0 Å². The van der Waals surface area contributed by atoms with E-state index < -0.39 is 0 Å². The number of aryl methyl sites for hydroxylation is 1. The molecule has 0 unspecified atom stereocenters. The van der Waals surface area contributed by atoms with E-state index in [1.54, 1.807) is 18.4 Å². The SMILES string of the molecule is COCc1ccccc1CNC(=O)CCCc1cccs1. The highest BCUT2D eigenvalue weighted by Crippen LogP contribution is 2.12. The van der Waals surface area contributed by atoms with E-state index >= 15 is 0 Å². The number of hydrogen-bond donors (Lipinski definition) is 1. The van der Waals surface area contributed by atoms with E-state index in [4.69, 9.17) is 4.74 Å². The molecule has 0 aliphatic carbocycles. The van der Waals surface area contributed by atoms with Gasteiger partial charge in [-0.05, 0) is 35.4 Å². The summed E-state index contributed by atoms with van der Waals surface area (Å²) in [5.41, 5.74) is 2.24. The topological polar surface area (TPSA) is 38.3 Å². The molecule has 1 heterocycles. The summed E-state index contributed by atoms with van der Waals surface area (Å²) in [4.78, 5) is 13.2. The third-order valence-electron chi connectivity index (χ3n) is 3.30. The van der Waals surface area contributed by atoms with Crippen molar-refractivity contribution in [1.29, 1.82) is 0 Å². The molecule has 0 saturated carbocycles. The maximum Gasteiger partial charge on any atom is 0.220 e. The van der Waals surface area contributed by atoms with Crippen LogP contribution in [0.3, 0.4) is 0 Å². The summed E-state index contributed by atoms with van der Waals surface area (Å²) in [5.74, 6) is 0.110. The zero-order chi connectivity index (χ0) is 14.9. The first kappa shape index (κ1) is 15.7. The van der Waals surface area contributed by atoms with Crippen molar-refractivity contribution in [3.05, 3.63) is 57.8 Å². The number of carbonyl (C=O) groups excluding carboxylic acids is 1. The molecule has 1 aromatic carbocycles. The van der Waals surface area contributed by atoms with Crippen LogP contribution < -0.4 is 5.32 Å². The number of ether oxygens (including phenoxy) is 1. The molecule has 21 heavy (non-hydrogen) atoms. The molecule has 2 aromatic rings. The maximum absolute atomic E-state index is 11.9. The lowest BCUT2D eigenvalue weighted by Gasteiger charge is -2.10. The van der Waals surface area contributed by atoms with Crippen LogP contribution in [0.2, 0.25) is 0 Å². The minimum atomic E-state index is 0.110. The van der Waals surface area contributed by atoms with Crippen LogP contribution in [-0.4, -0.2) is 13.0 Å². The molecule has 1 aromatic heterocycles. The number of nitrogens with one attached hydrogen (secondary N) is 1. The molecule has 1 amide bonds. The molecule has 4 heteroatoms. The second-order valence-corrected chi connectivity index (χ2v) is 5.94. The summed E-state index contributed by atoms with van der Waals surface area (Å²) in [5, 5.41) is 5.06. The number of benzene rings is 1. The Morgan fingerprint density at radius 2 is 2.00 bits per heavy atom. The Balaban J connectivity index is 1.73. The first-order chi connectivity index (χ1) is 10.3. The second-order valence-electron chi connectivity index (χ2n) is 4.91. The number of hydrogen-bond acceptors (Lipinski definition) is 3. The smallest absolute Gasteiger partial charge is 0.220 e. The molecule has 0 saturated heterocycles. The molecule has 0 spiro atoms. The Labute approximate surface area is 130 Å². The Morgan fingerprint density at radius 3 is 2.71 bits per heavy atom. The van der Waals surface area contributed by atoms with Crippen LogP contribution in [0.5, 0.6) is 0 Å². The highest BCUT2D eigenvalue weighted by Gasteiger charge is 2.05. The molecule has 0 aliphatic rings. The molecular formula is C17H21NO2S. The van der Waals surface area contributed by atoms with Gasteiger partial charge in [0.1, 0.15) is 0 Å². The van der Waals surface area contributed by atoms with Gasteiger partial charge in [-0.3, -0.25) is 4.79 Å². The van der Waals surface area contributed by atoms with E-state index in [1.807, 2.05) is 30.3 Å². The van der Waals surface area contributed by atoms with Crippen LogP contribution in [0.4, 0.5) is 0 Å². The molecule has 0 fully saturated rings. The van der Waals surface area contributed by atoms with Crippen molar-refractivity contribution in [2.45, 2.75) is 32.4 Å². The summed E-state index contributed by atoms with van der Waals surface area (Å²) in [6.07, 6.45) is 2.45. The van der Waals surface area contributed by atoms with Crippen LogP contribution in [-0.2, 0) is 29.1 Å². The monoisotopic (exact) mass is 303 g/mol.